The molecule has 0 saturated heterocycles. The highest BCUT2D eigenvalue weighted by atomic mass is 79.9. The first kappa shape index (κ1) is 15.5. The lowest BCUT2D eigenvalue weighted by Gasteiger charge is -2.09. The summed E-state index contributed by atoms with van der Waals surface area (Å²) < 4.78 is 14.4. The van der Waals surface area contributed by atoms with Gasteiger partial charge >= 0.3 is 0 Å². The van der Waals surface area contributed by atoms with Gasteiger partial charge in [-0.25, -0.2) is 4.39 Å². The number of hydrogen-bond acceptors (Lipinski definition) is 2. The van der Waals surface area contributed by atoms with E-state index < -0.39 is 0 Å². The molecule has 0 fully saturated rings. The second-order valence-electron chi connectivity index (χ2n) is 4.53. The van der Waals surface area contributed by atoms with Gasteiger partial charge in [0, 0.05) is 34.4 Å². The molecule has 110 valence electrons. The van der Waals surface area contributed by atoms with Crippen molar-refractivity contribution in [2.24, 2.45) is 0 Å². The van der Waals surface area contributed by atoms with Crippen molar-refractivity contribution < 1.29 is 9.18 Å². The Hall–Kier alpha value is -1.88. The van der Waals surface area contributed by atoms with E-state index in [4.69, 9.17) is 0 Å². The topological polar surface area (TPSA) is 41.1 Å². The number of carbonyl (C=O) groups is 1. The SMILES string of the molecule is CCNC(=O)c1ccc(NCc2ccc(Br)cc2F)cc1. The number of hydrogen-bond donors (Lipinski definition) is 2. The molecule has 2 aromatic rings. The van der Waals surface area contributed by atoms with Gasteiger partial charge in [0.05, 0.1) is 0 Å². The van der Waals surface area contributed by atoms with Gasteiger partial charge in [-0.2, -0.15) is 0 Å². The lowest BCUT2D eigenvalue weighted by Crippen LogP contribution is -2.22. The molecule has 5 heteroatoms. The number of amides is 1. The van der Waals surface area contributed by atoms with Gasteiger partial charge in [0.2, 0.25) is 0 Å². The minimum Gasteiger partial charge on any atom is -0.381 e. The fourth-order valence-electron chi connectivity index (χ4n) is 1.86. The predicted molar refractivity (Wildman–Crippen MR) is 85.9 cm³/mol. The van der Waals surface area contributed by atoms with Gasteiger partial charge in [0.25, 0.3) is 5.91 Å². The Morgan fingerprint density at radius 1 is 1.19 bits per heavy atom. The quantitative estimate of drug-likeness (QED) is 0.857. The number of anilines is 1. The first-order valence-corrected chi connectivity index (χ1v) is 7.45. The van der Waals surface area contributed by atoms with E-state index in [9.17, 15) is 9.18 Å². The van der Waals surface area contributed by atoms with Crippen molar-refractivity contribution in [1.82, 2.24) is 5.32 Å². The molecule has 0 heterocycles. The molecule has 0 aliphatic heterocycles. The monoisotopic (exact) mass is 350 g/mol. The number of halogens is 2. The Bertz CT molecular complexity index is 629. The van der Waals surface area contributed by atoms with E-state index in [-0.39, 0.29) is 11.7 Å². The van der Waals surface area contributed by atoms with Crippen LogP contribution in [0.25, 0.3) is 0 Å². The molecular weight excluding hydrogens is 335 g/mol. The minimum atomic E-state index is -0.254. The third-order valence-electron chi connectivity index (χ3n) is 2.98. The maximum atomic E-state index is 13.7. The van der Waals surface area contributed by atoms with Gasteiger partial charge in [-0.15, -0.1) is 0 Å². The highest BCUT2D eigenvalue weighted by Crippen LogP contribution is 2.17. The third-order valence-corrected chi connectivity index (χ3v) is 3.48. The molecule has 0 bridgehead atoms. The number of rotatable bonds is 5. The molecule has 2 rings (SSSR count). The van der Waals surface area contributed by atoms with E-state index in [1.54, 1.807) is 36.4 Å². The molecule has 1 amide bonds. The lowest BCUT2D eigenvalue weighted by molar-refractivity contribution is 0.0956. The van der Waals surface area contributed by atoms with Crippen molar-refractivity contribution in [3.8, 4) is 0 Å². The smallest absolute Gasteiger partial charge is 0.251 e. The van der Waals surface area contributed by atoms with Crippen LogP contribution in [-0.4, -0.2) is 12.5 Å². The average molecular weight is 351 g/mol. The van der Waals surface area contributed by atoms with E-state index in [1.165, 1.54) is 6.07 Å². The van der Waals surface area contributed by atoms with Crippen LogP contribution in [0.15, 0.2) is 46.9 Å². The van der Waals surface area contributed by atoms with E-state index in [1.807, 2.05) is 6.92 Å². The fourth-order valence-corrected chi connectivity index (χ4v) is 2.20. The van der Waals surface area contributed by atoms with E-state index in [2.05, 4.69) is 26.6 Å². The highest BCUT2D eigenvalue weighted by Gasteiger charge is 2.05. The van der Waals surface area contributed by atoms with E-state index in [0.717, 1.165) is 10.2 Å². The van der Waals surface area contributed by atoms with Crippen LogP contribution in [0.5, 0.6) is 0 Å². The van der Waals surface area contributed by atoms with Crippen LogP contribution in [0.2, 0.25) is 0 Å². The van der Waals surface area contributed by atoms with Crippen LogP contribution in [0, 0.1) is 5.82 Å². The number of carbonyl (C=O) groups excluding carboxylic acids is 1. The fraction of sp³-hybridized carbons (Fsp3) is 0.188. The highest BCUT2D eigenvalue weighted by molar-refractivity contribution is 9.10. The van der Waals surface area contributed by atoms with Crippen molar-refractivity contribution in [1.29, 1.82) is 0 Å². The summed E-state index contributed by atoms with van der Waals surface area (Å²) in [6.07, 6.45) is 0. The predicted octanol–water partition coefficient (Wildman–Crippen LogP) is 3.95. The first-order chi connectivity index (χ1) is 10.1. The van der Waals surface area contributed by atoms with Crippen molar-refractivity contribution in [2.45, 2.75) is 13.5 Å². The number of nitrogens with one attached hydrogen (secondary N) is 2. The van der Waals surface area contributed by atoms with Gasteiger partial charge < -0.3 is 10.6 Å². The Balaban J connectivity index is 1.99. The van der Waals surface area contributed by atoms with E-state index >= 15 is 0 Å². The Labute approximate surface area is 131 Å². The summed E-state index contributed by atoms with van der Waals surface area (Å²) in [6, 6.07) is 12.1. The van der Waals surface area contributed by atoms with Crippen molar-refractivity contribution >= 4 is 27.5 Å². The van der Waals surface area contributed by atoms with Crippen LogP contribution in [0.1, 0.15) is 22.8 Å². The summed E-state index contributed by atoms with van der Waals surface area (Å²) in [6.45, 7) is 2.86. The molecule has 0 aliphatic rings. The minimum absolute atomic E-state index is 0.0944. The van der Waals surface area contributed by atoms with Gasteiger partial charge in [0.1, 0.15) is 5.82 Å². The molecule has 0 saturated carbocycles. The van der Waals surface area contributed by atoms with Gasteiger partial charge in [-0.1, -0.05) is 22.0 Å². The summed E-state index contributed by atoms with van der Waals surface area (Å²) >= 11 is 3.23. The summed E-state index contributed by atoms with van der Waals surface area (Å²) in [5.74, 6) is -0.348. The van der Waals surface area contributed by atoms with Crippen molar-refractivity contribution in [3.63, 3.8) is 0 Å². The largest absolute Gasteiger partial charge is 0.381 e. The van der Waals surface area contributed by atoms with Crippen molar-refractivity contribution in [3.05, 3.63) is 63.9 Å². The van der Waals surface area contributed by atoms with Crippen molar-refractivity contribution in [2.75, 3.05) is 11.9 Å². The van der Waals surface area contributed by atoms with Gasteiger partial charge in [0.15, 0.2) is 0 Å². The van der Waals surface area contributed by atoms with Crippen LogP contribution >= 0.6 is 15.9 Å². The molecule has 0 aliphatic carbocycles. The number of benzene rings is 2. The third kappa shape index (κ3) is 4.29. The lowest BCUT2D eigenvalue weighted by atomic mass is 10.1. The standard InChI is InChI=1S/C16H16BrFN2O/c1-2-19-16(21)11-4-7-14(8-5-11)20-10-12-3-6-13(17)9-15(12)18/h3-9,20H,2,10H2,1H3,(H,19,21). The first-order valence-electron chi connectivity index (χ1n) is 6.66. The molecule has 0 radical (unpaired) electrons. The summed E-state index contributed by atoms with van der Waals surface area (Å²) in [7, 11) is 0. The summed E-state index contributed by atoms with van der Waals surface area (Å²) in [5.41, 5.74) is 2.04. The molecule has 2 N–H and O–H groups in total. The summed E-state index contributed by atoms with van der Waals surface area (Å²) in [4.78, 5) is 11.6. The molecule has 0 aromatic heterocycles. The van der Waals surface area contributed by atoms with Gasteiger partial charge in [-0.05, 0) is 43.3 Å². The summed E-state index contributed by atoms with van der Waals surface area (Å²) in [5, 5.41) is 5.87. The van der Waals surface area contributed by atoms with Crippen LogP contribution in [0.4, 0.5) is 10.1 Å². The molecule has 3 nitrogen and oxygen atoms in total. The maximum Gasteiger partial charge on any atom is 0.251 e. The zero-order chi connectivity index (χ0) is 15.2. The second-order valence-corrected chi connectivity index (χ2v) is 5.44. The van der Waals surface area contributed by atoms with Crippen LogP contribution in [0.3, 0.4) is 0 Å². The Kier molecular flexibility index (Phi) is 5.33. The molecule has 2 aromatic carbocycles. The van der Waals surface area contributed by atoms with E-state index in [0.29, 0.717) is 24.2 Å². The maximum absolute atomic E-state index is 13.7. The molecule has 21 heavy (non-hydrogen) atoms. The van der Waals surface area contributed by atoms with Gasteiger partial charge in [-0.3, -0.25) is 4.79 Å². The van der Waals surface area contributed by atoms with Crippen LogP contribution in [-0.2, 0) is 6.54 Å². The second kappa shape index (κ2) is 7.22. The molecular formula is C16H16BrFN2O. The Morgan fingerprint density at radius 3 is 2.52 bits per heavy atom. The molecule has 0 atom stereocenters. The molecule has 0 unspecified atom stereocenters. The Morgan fingerprint density at radius 2 is 1.90 bits per heavy atom. The van der Waals surface area contributed by atoms with Crippen LogP contribution < -0.4 is 10.6 Å². The molecule has 0 spiro atoms. The zero-order valence-electron chi connectivity index (χ0n) is 11.6. The zero-order valence-corrected chi connectivity index (χ0v) is 13.2. The average Bonchev–Trinajstić information content (AvgIpc) is 2.47. The normalized spacial score (nSPS) is 10.2.